The predicted octanol–water partition coefficient (Wildman–Crippen LogP) is 7.73. The van der Waals surface area contributed by atoms with Crippen LogP contribution < -0.4 is 4.74 Å². The molecule has 0 aliphatic carbocycles. The van der Waals surface area contributed by atoms with E-state index in [2.05, 4.69) is 0 Å². The number of halogens is 5. The lowest BCUT2D eigenvalue weighted by atomic mass is 9.97. The van der Waals surface area contributed by atoms with Crippen LogP contribution in [0.15, 0.2) is 36.4 Å². The Labute approximate surface area is 190 Å². The minimum Gasteiger partial charge on any atom is -0.491 e. The first-order valence-corrected chi connectivity index (χ1v) is 11.1. The zero-order valence-electron chi connectivity index (χ0n) is 18.8. The number of hydrogen-bond donors (Lipinski definition) is 0. The maximum absolute atomic E-state index is 14.4. The van der Waals surface area contributed by atoms with Gasteiger partial charge in [0, 0.05) is 5.56 Å². The first-order valence-electron chi connectivity index (χ1n) is 11.1. The molecule has 0 radical (unpaired) electrons. The summed E-state index contributed by atoms with van der Waals surface area (Å²) in [5.74, 6) is -4.66. The molecule has 1 atom stereocenters. The summed E-state index contributed by atoms with van der Waals surface area (Å²) in [5, 5.41) is 0. The van der Waals surface area contributed by atoms with Gasteiger partial charge in [0.05, 0.1) is 24.7 Å². The number of carbonyl (C=O) groups is 1. The lowest BCUT2D eigenvalue weighted by molar-refractivity contribution is -0.180. The zero-order valence-corrected chi connectivity index (χ0v) is 18.8. The van der Waals surface area contributed by atoms with E-state index in [1.807, 2.05) is 6.92 Å². The molecule has 0 aromatic heterocycles. The Morgan fingerprint density at radius 3 is 2.21 bits per heavy atom. The predicted molar refractivity (Wildman–Crippen MR) is 116 cm³/mol. The molecule has 0 saturated carbocycles. The van der Waals surface area contributed by atoms with Gasteiger partial charge in [0.25, 0.3) is 0 Å². The average molecular weight is 472 g/mol. The first-order chi connectivity index (χ1) is 15.7. The van der Waals surface area contributed by atoms with Crippen molar-refractivity contribution in [2.45, 2.75) is 58.5 Å². The molecule has 0 bridgehead atoms. The van der Waals surface area contributed by atoms with Crippen LogP contribution in [0.2, 0.25) is 0 Å². The summed E-state index contributed by atoms with van der Waals surface area (Å²) in [4.78, 5) is 12.2. The molecule has 0 aliphatic rings. The quantitative estimate of drug-likeness (QED) is 0.180. The SMILES string of the molecule is CCCCCCC(CCOC(=O)c1ccc(-c2ccc(OCC)c(F)c2F)cc1)C(F)(F)F. The van der Waals surface area contributed by atoms with Crippen molar-refractivity contribution in [3.8, 4) is 16.9 Å². The number of benzene rings is 2. The van der Waals surface area contributed by atoms with Crippen molar-refractivity contribution >= 4 is 5.97 Å². The monoisotopic (exact) mass is 472 g/mol. The topological polar surface area (TPSA) is 35.5 Å². The van der Waals surface area contributed by atoms with Crippen molar-refractivity contribution in [1.29, 1.82) is 0 Å². The van der Waals surface area contributed by atoms with Crippen molar-refractivity contribution < 1.29 is 36.2 Å². The van der Waals surface area contributed by atoms with Crippen LogP contribution in [-0.4, -0.2) is 25.4 Å². The first kappa shape index (κ1) is 26.6. The van der Waals surface area contributed by atoms with Gasteiger partial charge in [-0.3, -0.25) is 0 Å². The number of carbonyl (C=O) groups excluding carboxylic acids is 1. The lowest BCUT2D eigenvalue weighted by Gasteiger charge is -2.20. The summed E-state index contributed by atoms with van der Waals surface area (Å²) in [6, 6.07) is 8.24. The van der Waals surface area contributed by atoms with Crippen LogP contribution >= 0.6 is 0 Å². The number of hydrogen-bond acceptors (Lipinski definition) is 3. The minimum absolute atomic E-state index is 0.00744. The normalized spacial score (nSPS) is 12.5. The van der Waals surface area contributed by atoms with Crippen LogP contribution in [0.25, 0.3) is 11.1 Å². The van der Waals surface area contributed by atoms with Gasteiger partial charge in [-0.05, 0) is 49.6 Å². The number of rotatable bonds is 12. The second-order valence-electron chi connectivity index (χ2n) is 7.76. The molecular formula is C25H29F5O3. The second-order valence-corrected chi connectivity index (χ2v) is 7.76. The molecule has 182 valence electrons. The highest BCUT2D eigenvalue weighted by Gasteiger charge is 2.38. The third-order valence-electron chi connectivity index (χ3n) is 5.35. The summed E-state index contributed by atoms with van der Waals surface area (Å²) in [6.45, 7) is 3.48. The van der Waals surface area contributed by atoms with Gasteiger partial charge in [0.1, 0.15) is 0 Å². The summed E-state index contributed by atoms with van der Waals surface area (Å²) in [7, 11) is 0. The van der Waals surface area contributed by atoms with Gasteiger partial charge >= 0.3 is 12.1 Å². The summed E-state index contributed by atoms with van der Waals surface area (Å²) in [6.07, 6.45) is -1.56. The molecule has 2 rings (SSSR count). The van der Waals surface area contributed by atoms with Gasteiger partial charge in [0.2, 0.25) is 5.82 Å². The fraction of sp³-hybridized carbons (Fsp3) is 0.480. The van der Waals surface area contributed by atoms with Crippen molar-refractivity contribution in [3.05, 3.63) is 53.6 Å². The molecule has 0 fully saturated rings. The van der Waals surface area contributed by atoms with Crippen LogP contribution in [0.3, 0.4) is 0 Å². The summed E-state index contributed by atoms with van der Waals surface area (Å²) < 4.78 is 78.1. The Kier molecular flexibility index (Phi) is 10.1. The molecular weight excluding hydrogens is 443 g/mol. The fourth-order valence-corrected chi connectivity index (χ4v) is 3.47. The maximum atomic E-state index is 14.4. The molecule has 8 heteroatoms. The zero-order chi connectivity index (χ0) is 24.4. The Bertz CT molecular complexity index is 894. The van der Waals surface area contributed by atoms with Crippen molar-refractivity contribution in [3.63, 3.8) is 0 Å². The highest BCUT2D eigenvalue weighted by Crippen LogP contribution is 2.33. The molecule has 0 saturated heterocycles. The van der Waals surface area contributed by atoms with Crippen LogP contribution in [0.4, 0.5) is 22.0 Å². The largest absolute Gasteiger partial charge is 0.491 e. The Balaban J connectivity index is 1.96. The molecule has 0 spiro atoms. The van der Waals surface area contributed by atoms with Crippen LogP contribution in [0.1, 0.15) is 62.7 Å². The molecule has 2 aromatic rings. The minimum atomic E-state index is -4.34. The average Bonchev–Trinajstić information content (AvgIpc) is 2.78. The molecule has 1 unspecified atom stereocenters. The van der Waals surface area contributed by atoms with Gasteiger partial charge in [-0.1, -0.05) is 44.7 Å². The Morgan fingerprint density at radius 1 is 0.909 bits per heavy atom. The van der Waals surface area contributed by atoms with Gasteiger partial charge < -0.3 is 9.47 Å². The Hall–Kier alpha value is -2.64. The van der Waals surface area contributed by atoms with E-state index in [-0.39, 0.29) is 42.9 Å². The van der Waals surface area contributed by atoms with Crippen molar-refractivity contribution in [2.75, 3.05) is 13.2 Å². The molecule has 0 aliphatic heterocycles. The smallest absolute Gasteiger partial charge is 0.391 e. The molecule has 3 nitrogen and oxygen atoms in total. The Morgan fingerprint density at radius 2 is 1.61 bits per heavy atom. The van der Waals surface area contributed by atoms with E-state index in [0.29, 0.717) is 12.0 Å². The summed E-state index contributed by atoms with van der Waals surface area (Å²) in [5.41, 5.74) is 0.430. The molecule has 33 heavy (non-hydrogen) atoms. The number of unbranched alkanes of at least 4 members (excludes halogenated alkanes) is 3. The standard InChI is InChI=1S/C25H29F5O3/c1-3-5-6-7-8-19(25(28,29)30)15-16-33-24(31)18-11-9-17(10-12-18)20-13-14-21(32-4-2)23(27)22(20)26/h9-14,19H,3-8,15-16H2,1-2H3. The number of ether oxygens (including phenoxy) is 2. The van der Waals surface area contributed by atoms with Crippen molar-refractivity contribution in [2.24, 2.45) is 5.92 Å². The van der Waals surface area contributed by atoms with Crippen molar-refractivity contribution in [1.82, 2.24) is 0 Å². The van der Waals surface area contributed by atoms with E-state index in [1.54, 1.807) is 6.92 Å². The van der Waals surface area contributed by atoms with E-state index in [9.17, 15) is 26.7 Å². The highest BCUT2D eigenvalue weighted by atomic mass is 19.4. The molecule has 0 N–H and O–H groups in total. The summed E-state index contributed by atoms with van der Waals surface area (Å²) >= 11 is 0. The van der Waals surface area contributed by atoms with E-state index < -0.39 is 29.7 Å². The van der Waals surface area contributed by atoms with Crippen LogP contribution in [0, 0.1) is 17.6 Å². The second kappa shape index (κ2) is 12.6. The number of alkyl halides is 3. The third-order valence-corrected chi connectivity index (χ3v) is 5.35. The van der Waals surface area contributed by atoms with Gasteiger partial charge in [-0.15, -0.1) is 0 Å². The van der Waals surface area contributed by atoms with Crippen LogP contribution in [0.5, 0.6) is 5.75 Å². The van der Waals surface area contributed by atoms with E-state index in [0.717, 1.165) is 19.3 Å². The lowest BCUT2D eigenvalue weighted by Crippen LogP contribution is -2.25. The molecule has 0 amide bonds. The van der Waals surface area contributed by atoms with Crippen LogP contribution in [-0.2, 0) is 4.74 Å². The number of esters is 1. The third kappa shape index (κ3) is 7.72. The van der Waals surface area contributed by atoms with E-state index >= 15 is 0 Å². The fourth-order valence-electron chi connectivity index (χ4n) is 3.47. The molecule has 0 heterocycles. The van der Waals surface area contributed by atoms with Gasteiger partial charge in [-0.2, -0.15) is 17.6 Å². The molecule has 2 aromatic carbocycles. The van der Waals surface area contributed by atoms with Gasteiger partial charge in [0.15, 0.2) is 11.6 Å². The van der Waals surface area contributed by atoms with E-state index in [1.165, 1.54) is 36.4 Å². The highest BCUT2D eigenvalue weighted by molar-refractivity contribution is 5.90. The maximum Gasteiger partial charge on any atom is 0.391 e. The van der Waals surface area contributed by atoms with E-state index in [4.69, 9.17) is 9.47 Å². The van der Waals surface area contributed by atoms with Gasteiger partial charge in [-0.25, -0.2) is 9.18 Å².